The molecule has 0 heterocycles. The molecule has 0 aromatic rings. The molecule has 9 heteroatoms. The van der Waals surface area contributed by atoms with Crippen LogP contribution in [0.5, 0.6) is 0 Å². The van der Waals surface area contributed by atoms with Crippen molar-refractivity contribution in [3.63, 3.8) is 0 Å². The minimum absolute atomic E-state index is 0.0144. The highest BCUT2D eigenvalue weighted by Gasteiger charge is 2.20. The lowest BCUT2D eigenvalue weighted by molar-refractivity contribution is -0.870. The first kappa shape index (κ1) is 50.9. The molecule has 0 rings (SSSR count). The number of rotatable bonds is 37. The maximum absolute atomic E-state index is 12.6. The predicted octanol–water partition coefficient (Wildman–Crippen LogP) is 11.3. The van der Waals surface area contributed by atoms with Crippen molar-refractivity contribution in [1.29, 1.82) is 0 Å². The third-order valence-electron chi connectivity index (χ3n) is 8.24. The van der Waals surface area contributed by atoms with Crippen molar-refractivity contribution in [3.05, 3.63) is 72.9 Å². The molecule has 0 aliphatic carbocycles. The van der Waals surface area contributed by atoms with E-state index in [1.807, 2.05) is 21.1 Å². The second kappa shape index (κ2) is 36.9. The monoisotopic (exact) mass is 764 g/mol. The summed E-state index contributed by atoms with van der Waals surface area (Å²) >= 11 is 0. The van der Waals surface area contributed by atoms with Gasteiger partial charge in [0.2, 0.25) is 0 Å². The molecule has 0 aliphatic heterocycles. The number of phosphoric ester groups is 1. The van der Waals surface area contributed by atoms with Crippen molar-refractivity contribution in [2.75, 3.05) is 54.1 Å². The fourth-order valence-electron chi connectivity index (χ4n) is 5.02. The number of carbonyl (C=O) groups is 1. The van der Waals surface area contributed by atoms with E-state index in [0.29, 0.717) is 24.1 Å². The Hall–Kier alpha value is -2.06. The number of quaternary nitrogens is 1. The molecule has 0 bridgehead atoms. The summed E-state index contributed by atoms with van der Waals surface area (Å²) < 4.78 is 34.5. The number of hydrogen-bond donors (Lipinski definition) is 0. The van der Waals surface area contributed by atoms with Crippen LogP contribution in [0.15, 0.2) is 72.9 Å². The number of hydrogen-bond acceptors (Lipinski definition) is 7. The van der Waals surface area contributed by atoms with E-state index in [2.05, 4.69) is 86.8 Å². The molecule has 8 nitrogen and oxygen atoms in total. The van der Waals surface area contributed by atoms with E-state index in [1.54, 1.807) is 0 Å². The van der Waals surface area contributed by atoms with Gasteiger partial charge in [-0.25, -0.2) is 0 Å². The zero-order chi connectivity index (χ0) is 39.1. The summed E-state index contributed by atoms with van der Waals surface area (Å²) in [6, 6.07) is 0. The molecule has 0 amide bonds. The number of ether oxygens (including phenoxy) is 2. The van der Waals surface area contributed by atoms with Crippen LogP contribution in [0.4, 0.5) is 0 Å². The molecule has 0 N–H and O–H groups in total. The lowest BCUT2D eigenvalue weighted by Crippen LogP contribution is -2.37. The summed E-state index contributed by atoms with van der Waals surface area (Å²) in [7, 11) is 1.32. The predicted molar refractivity (Wildman–Crippen MR) is 222 cm³/mol. The molecule has 2 unspecified atom stereocenters. The highest BCUT2D eigenvalue weighted by Crippen LogP contribution is 2.38. The highest BCUT2D eigenvalue weighted by atomic mass is 31.2. The number of phosphoric acid groups is 1. The van der Waals surface area contributed by atoms with Crippen LogP contribution in [0.1, 0.15) is 142 Å². The zero-order valence-corrected chi connectivity index (χ0v) is 35.3. The van der Waals surface area contributed by atoms with Crippen molar-refractivity contribution < 1.29 is 37.3 Å². The largest absolute Gasteiger partial charge is 0.756 e. The van der Waals surface area contributed by atoms with E-state index in [9.17, 15) is 14.3 Å². The number of esters is 1. The second-order valence-electron chi connectivity index (χ2n) is 14.6. The molecular weight excluding hydrogens is 685 g/mol. The third-order valence-corrected chi connectivity index (χ3v) is 9.21. The number of carbonyl (C=O) groups excluding carboxylic acids is 1. The Balaban J connectivity index is 4.36. The van der Waals surface area contributed by atoms with Crippen molar-refractivity contribution in [3.8, 4) is 0 Å². The maximum atomic E-state index is 12.6. The van der Waals surface area contributed by atoms with Crippen LogP contribution in [0.25, 0.3) is 0 Å². The minimum Gasteiger partial charge on any atom is -0.756 e. The van der Waals surface area contributed by atoms with E-state index < -0.39 is 13.9 Å². The van der Waals surface area contributed by atoms with Gasteiger partial charge in [-0.05, 0) is 77.0 Å². The number of allylic oxidation sites excluding steroid dienone is 12. The molecule has 0 saturated heterocycles. The molecule has 0 spiro atoms. The lowest BCUT2D eigenvalue weighted by Gasteiger charge is -2.28. The Morgan fingerprint density at radius 3 is 1.66 bits per heavy atom. The molecule has 53 heavy (non-hydrogen) atoms. The zero-order valence-electron chi connectivity index (χ0n) is 34.4. The molecule has 0 fully saturated rings. The van der Waals surface area contributed by atoms with E-state index >= 15 is 0 Å². The minimum atomic E-state index is -4.54. The van der Waals surface area contributed by atoms with Crippen molar-refractivity contribution in [1.82, 2.24) is 0 Å². The van der Waals surface area contributed by atoms with Gasteiger partial charge >= 0.3 is 5.97 Å². The summed E-state index contributed by atoms with van der Waals surface area (Å²) in [4.78, 5) is 25.0. The molecule has 0 aliphatic rings. The summed E-state index contributed by atoms with van der Waals surface area (Å²) in [5.74, 6) is -0.371. The SMILES string of the molecule is CC/C=C\C/C=C\C/C=C\C/C=C\C/C=C\CCCCCC(=O)OC(COCCCCCCCC/C=C\CCCC)COP(=O)([O-])OCC[N+](C)(C)C. The van der Waals surface area contributed by atoms with Crippen LogP contribution >= 0.6 is 7.82 Å². The van der Waals surface area contributed by atoms with Crippen molar-refractivity contribution in [2.24, 2.45) is 0 Å². The standard InChI is InChI=1S/C44H78NO7P/c1-6-8-10-12-14-16-18-20-21-22-23-24-25-26-27-29-31-33-35-37-44(46)52-43(42-51-53(47,48)50-40-38-45(3,4)5)41-49-39-36-34-32-30-28-19-17-15-13-11-9-7-2/h8,10,13-16,20-21,23-24,26-27,43H,6-7,9,11-12,17-19,22,25,28-42H2,1-5H3/b10-8-,15-13-,16-14-,21-20-,24-23-,27-26-. The molecule has 0 aromatic carbocycles. The number of likely N-dealkylation sites (N-methyl/N-ethyl adjacent to an activating group) is 1. The average Bonchev–Trinajstić information content (AvgIpc) is 3.11. The van der Waals surface area contributed by atoms with Gasteiger partial charge in [-0.15, -0.1) is 0 Å². The van der Waals surface area contributed by atoms with E-state index in [-0.39, 0.29) is 32.2 Å². The van der Waals surface area contributed by atoms with Crippen molar-refractivity contribution in [2.45, 2.75) is 148 Å². The maximum Gasteiger partial charge on any atom is 0.306 e. The molecule has 0 radical (unpaired) electrons. The Bertz CT molecular complexity index is 1070. The number of nitrogens with zero attached hydrogens (tertiary/aromatic N) is 1. The summed E-state index contributed by atoms with van der Waals surface area (Å²) in [5.41, 5.74) is 0. The van der Waals surface area contributed by atoms with Crippen LogP contribution in [-0.2, 0) is 27.9 Å². The quantitative estimate of drug-likeness (QED) is 0.0204. The first-order valence-electron chi connectivity index (χ1n) is 20.7. The topological polar surface area (TPSA) is 94.1 Å². The summed E-state index contributed by atoms with van der Waals surface area (Å²) in [5, 5.41) is 0. The first-order valence-corrected chi connectivity index (χ1v) is 22.1. The highest BCUT2D eigenvalue weighted by molar-refractivity contribution is 7.45. The fourth-order valence-corrected chi connectivity index (χ4v) is 5.75. The van der Waals surface area contributed by atoms with Gasteiger partial charge in [0.25, 0.3) is 7.82 Å². The molecule has 306 valence electrons. The van der Waals surface area contributed by atoms with Crippen LogP contribution in [0, 0.1) is 0 Å². The van der Waals surface area contributed by atoms with Gasteiger partial charge < -0.3 is 27.9 Å². The average molecular weight is 764 g/mol. The van der Waals surface area contributed by atoms with Crippen molar-refractivity contribution >= 4 is 13.8 Å². The van der Waals surface area contributed by atoms with Gasteiger partial charge in [0.15, 0.2) is 0 Å². The smallest absolute Gasteiger partial charge is 0.306 e. The Labute approximate surface area is 325 Å². The van der Waals surface area contributed by atoms with Gasteiger partial charge in [-0.1, -0.05) is 132 Å². The third kappa shape index (κ3) is 41.0. The lowest BCUT2D eigenvalue weighted by atomic mass is 10.1. The fraction of sp³-hybridized carbons (Fsp3) is 0.705. The van der Waals surface area contributed by atoms with Gasteiger partial charge in [0.1, 0.15) is 19.3 Å². The second-order valence-corrected chi connectivity index (χ2v) is 16.0. The van der Waals surface area contributed by atoms with Gasteiger partial charge in [0.05, 0.1) is 34.4 Å². The summed E-state index contributed by atoms with van der Waals surface area (Å²) in [6.45, 7) is 5.17. The first-order chi connectivity index (χ1) is 25.6. The van der Waals surface area contributed by atoms with Crippen LogP contribution in [-0.4, -0.2) is 70.7 Å². The van der Waals surface area contributed by atoms with E-state index in [4.69, 9.17) is 18.5 Å². The molecule has 0 aromatic heterocycles. The van der Waals surface area contributed by atoms with E-state index in [0.717, 1.165) is 77.0 Å². The van der Waals surface area contributed by atoms with E-state index in [1.165, 1.54) is 38.5 Å². The normalized spacial score (nSPS) is 14.6. The van der Waals surface area contributed by atoms with Gasteiger partial charge in [-0.3, -0.25) is 9.36 Å². The van der Waals surface area contributed by atoms with Crippen LogP contribution in [0.2, 0.25) is 0 Å². The molecule has 2 atom stereocenters. The number of unbranched alkanes of at least 4 members (excludes halogenated alkanes) is 11. The Kier molecular flexibility index (Phi) is 35.5. The Morgan fingerprint density at radius 1 is 0.604 bits per heavy atom. The van der Waals surface area contributed by atoms with Crippen LogP contribution in [0.3, 0.4) is 0 Å². The summed E-state index contributed by atoms with van der Waals surface area (Å²) in [6.07, 6.45) is 46.3. The Morgan fingerprint density at radius 2 is 1.09 bits per heavy atom. The molecular formula is C44H78NO7P. The van der Waals surface area contributed by atoms with Gasteiger partial charge in [0, 0.05) is 13.0 Å². The van der Waals surface area contributed by atoms with Crippen LogP contribution < -0.4 is 4.89 Å². The molecule has 0 saturated carbocycles. The van der Waals surface area contributed by atoms with Gasteiger partial charge in [-0.2, -0.15) is 0 Å².